The van der Waals surface area contributed by atoms with Gasteiger partial charge < -0.3 is 19.1 Å². The van der Waals surface area contributed by atoms with Crippen molar-refractivity contribution in [2.75, 3.05) is 34.4 Å². The summed E-state index contributed by atoms with van der Waals surface area (Å²) in [6.07, 6.45) is 0.616. The highest BCUT2D eigenvalue weighted by Gasteiger charge is 2.33. The van der Waals surface area contributed by atoms with Gasteiger partial charge in [-0.25, -0.2) is 0 Å². The largest absolute Gasteiger partial charge is 0.493 e. The molecule has 1 aliphatic heterocycles. The summed E-state index contributed by atoms with van der Waals surface area (Å²) in [6.45, 7) is 0.894. The summed E-state index contributed by atoms with van der Waals surface area (Å²) in [5, 5.41) is 0. The van der Waals surface area contributed by atoms with Gasteiger partial charge in [0.15, 0.2) is 11.5 Å². The van der Waals surface area contributed by atoms with Crippen LogP contribution >= 0.6 is 0 Å². The van der Waals surface area contributed by atoms with Crippen LogP contribution in [0.15, 0.2) is 18.2 Å². The third-order valence-electron chi connectivity index (χ3n) is 3.64. The number of methoxy groups -OCH3 is 3. The number of hydrogen-bond donors (Lipinski definition) is 0. The van der Waals surface area contributed by atoms with E-state index in [-0.39, 0.29) is 17.8 Å². The minimum Gasteiger partial charge on any atom is -0.493 e. The van der Waals surface area contributed by atoms with Crippen LogP contribution in [0.25, 0.3) is 0 Å². The van der Waals surface area contributed by atoms with E-state index in [4.69, 9.17) is 14.2 Å². The Morgan fingerprint density at radius 3 is 2.57 bits per heavy atom. The SMILES string of the molecule is COC(=O)C1CCN(C(=O)c2cccc(OC)c2OC)C1. The van der Waals surface area contributed by atoms with Gasteiger partial charge in [-0.05, 0) is 18.6 Å². The van der Waals surface area contributed by atoms with Crippen molar-refractivity contribution in [1.82, 2.24) is 4.90 Å². The topological polar surface area (TPSA) is 65.1 Å². The van der Waals surface area contributed by atoms with E-state index in [1.807, 2.05) is 0 Å². The fourth-order valence-electron chi connectivity index (χ4n) is 2.53. The molecule has 1 saturated heterocycles. The van der Waals surface area contributed by atoms with Gasteiger partial charge in [0.1, 0.15) is 0 Å². The summed E-state index contributed by atoms with van der Waals surface area (Å²) >= 11 is 0. The molecular weight excluding hydrogens is 274 g/mol. The van der Waals surface area contributed by atoms with Gasteiger partial charge in [-0.2, -0.15) is 0 Å². The van der Waals surface area contributed by atoms with Crippen molar-refractivity contribution in [3.05, 3.63) is 23.8 Å². The number of ether oxygens (including phenoxy) is 3. The molecule has 0 bridgehead atoms. The Kier molecular flexibility index (Phi) is 4.67. The molecule has 0 aliphatic carbocycles. The van der Waals surface area contributed by atoms with Crippen LogP contribution < -0.4 is 9.47 Å². The maximum absolute atomic E-state index is 12.6. The molecule has 0 radical (unpaired) electrons. The van der Waals surface area contributed by atoms with Crippen LogP contribution in [0.5, 0.6) is 11.5 Å². The van der Waals surface area contributed by atoms with E-state index in [9.17, 15) is 9.59 Å². The minimum absolute atomic E-state index is 0.169. The summed E-state index contributed by atoms with van der Waals surface area (Å²) in [5.41, 5.74) is 0.433. The summed E-state index contributed by atoms with van der Waals surface area (Å²) in [5.74, 6) is 0.217. The third-order valence-corrected chi connectivity index (χ3v) is 3.64. The highest BCUT2D eigenvalue weighted by Crippen LogP contribution is 2.32. The predicted octanol–water partition coefficient (Wildman–Crippen LogP) is 1.34. The molecular formula is C15H19NO5. The maximum Gasteiger partial charge on any atom is 0.310 e. The first kappa shape index (κ1) is 15.2. The number of para-hydroxylation sites is 1. The molecule has 1 fully saturated rings. The fourth-order valence-corrected chi connectivity index (χ4v) is 2.53. The summed E-state index contributed by atoms with van der Waals surface area (Å²) in [6, 6.07) is 5.16. The number of benzene rings is 1. The lowest BCUT2D eigenvalue weighted by Crippen LogP contribution is -2.30. The monoisotopic (exact) mass is 293 g/mol. The second-order valence-electron chi connectivity index (χ2n) is 4.80. The quantitative estimate of drug-likeness (QED) is 0.784. The Labute approximate surface area is 123 Å². The van der Waals surface area contributed by atoms with Crippen molar-refractivity contribution in [2.24, 2.45) is 5.92 Å². The van der Waals surface area contributed by atoms with E-state index < -0.39 is 0 Å². The Balaban J connectivity index is 2.20. The maximum atomic E-state index is 12.6. The van der Waals surface area contributed by atoms with Gasteiger partial charge in [-0.3, -0.25) is 9.59 Å². The van der Waals surface area contributed by atoms with E-state index in [0.29, 0.717) is 36.6 Å². The van der Waals surface area contributed by atoms with Crippen LogP contribution in [0.3, 0.4) is 0 Å². The standard InChI is InChI=1S/C15H19NO5/c1-19-12-6-4-5-11(13(12)20-2)14(17)16-8-7-10(9-16)15(18)21-3/h4-6,10H,7-9H2,1-3H3. The molecule has 1 heterocycles. The molecule has 0 aromatic heterocycles. The molecule has 1 atom stereocenters. The minimum atomic E-state index is -0.275. The number of hydrogen-bond acceptors (Lipinski definition) is 5. The molecule has 1 aromatic rings. The van der Waals surface area contributed by atoms with E-state index in [1.165, 1.54) is 21.3 Å². The normalized spacial score (nSPS) is 17.5. The molecule has 0 saturated carbocycles. The molecule has 1 unspecified atom stereocenters. The van der Waals surface area contributed by atoms with Crippen molar-refractivity contribution in [2.45, 2.75) is 6.42 Å². The first-order chi connectivity index (χ1) is 10.1. The average Bonchev–Trinajstić information content (AvgIpc) is 3.02. The highest BCUT2D eigenvalue weighted by molar-refractivity contribution is 5.98. The zero-order chi connectivity index (χ0) is 15.4. The number of nitrogens with zero attached hydrogens (tertiary/aromatic N) is 1. The molecule has 0 N–H and O–H groups in total. The first-order valence-corrected chi connectivity index (χ1v) is 6.70. The summed E-state index contributed by atoms with van der Waals surface area (Å²) in [4.78, 5) is 25.8. The second-order valence-corrected chi connectivity index (χ2v) is 4.80. The zero-order valence-corrected chi connectivity index (χ0v) is 12.4. The van der Waals surface area contributed by atoms with E-state index in [0.717, 1.165) is 0 Å². The van der Waals surface area contributed by atoms with Crippen LogP contribution in [0.4, 0.5) is 0 Å². The Morgan fingerprint density at radius 2 is 1.95 bits per heavy atom. The predicted molar refractivity (Wildman–Crippen MR) is 75.6 cm³/mol. The highest BCUT2D eigenvalue weighted by atomic mass is 16.5. The number of amides is 1. The lowest BCUT2D eigenvalue weighted by molar-refractivity contribution is -0.144. The van der Waals surface area contributed by atoms with Gasteiger partial charge in [0.25, 0.3) is 5.91 Å². The van der Waals surface area contributed by atoms with E-state index >= 15 is 0 Å². The summed E-state index contributed by atoms with van der Waals surface area (Å²) in [7, 11) is 4.38. The van der Waals surface area contributed by atoms with Crippen LogP contribution in [0.2, 0.25) is 0 Å². The van der Waals surface area contributed by atoms with Gasteiger partial charge in [0.05, 0.1) is 32.8 Å². The molecule has 6 nitrogen and oxygen atoms in total. The van der Waals surface area contributed by atoms with Crippen molar-refractivity contribution < 1.29 is 23.8 Å². The molecule has 21 heavy (non-hydrogen) atoms. The average molecular weight is 293 g/mol. The lowest BCUT2D eigenvalue weighted by Gasteiger charge is -2.19. The molecule has 1 aliphatic rings. The molecule has 114 valence electrons. The van der Waals surface area contributed by atoms with Crippen LogP contribution in [-0.2, 0) is 9.53 Å². The van der Waals surface area contributed by atoms with Crippen molar-refractivity contribution in [3.8, 4) is 11.5 Å². The van der Waals surface area contributed by atoms with Gasteiger partial charge in [-0.1, -0.05) is 6.07 Å². The van der Waals surface area contributed by atoms with Gasteiger partial charge in [-0.15, -0.1) is 0 Å². The third kappa shape index (κ3) is 2.94. The smallest absolute Gasteiger partial charge is 0.310 e. The van der Waals surface area contributed by atoms with E-state index in [1.54, 1.807) is 23.1 Å². The number of carbonyl (C=O) groups excluding carboxylic acids is 2. The zero-order valence-electron chi connectivity index (χ0n) is 12.4. The number of rotatable bonds is 4. The summed E-state index contributed by atoms with van der Waals surface area (Å²) < 4.78 is 15.2. The van der Waals surface area contributed by atoms with Crippen LogP contribution in [0.1, 0.15) is 16.8 Å². The number of likely N-dealkylation sites (tertiary alicyclic amines) is 1. The van der Waals surface area contributed by atoms with Crippen molar-refractivity contribution in [3.63, 3.8) is 0 Å². The molecule has 6 heteroatoms. The van der Waals surface area contributed by atoms with Crippen molar-refractivity contribution >= 4 is 11.9 Å². The molecule has 1 aromatic carbocycles. The van der Waals surface area contributed by atoms with E-state index in [2.05, 4.69) is 0 Å². The van der Waals surface area contributed by atoms with Gasteiger partial charge >= 0.3 is 5.97 Å². The fraction of sp³-hybridized carbons (Fsp3) is 0.467. The Morgan fingerprint density at radius 1 is 1.19 bits per heavy atom. The van der Waals surface area contributed by atoms with Crippen LogP contribution in [-0.4, -0.2) is 51.2 Å². The van der Waals surface area contributed by atoms with Gasteiger partial charge in [0.2, 0.25) is 0 Å². The molecule has 2 rings (SSSR count). The number of esters is 1. The molecule has 1 amide bonds. The molecule has 0 spiro atoms. The second kappa shape index (κ2) is 6.47. The number of carbonyl (C=O) groups is 2. The lowest BCUT2D eigenvalue weighted by atomic mass is 10.1. The Bertz CT molecular complexity index is 543. The van der Waals surface area contributed by atoms with Crippen molar-refractivity contribution in [1.29, 1.82) is 0 Å². The first-order valence-electron chi connectivity index (χ1n) is 6.70. The Hall–Kier alpha value is -2.24. The van der Waals surface area contributed by atoms with Gasteiger partial charge in [0, 0.05) is 13.1 Å². The van der Waals surface area contributed by atoms with Crippen LogP contribution in [0, 0.1) is 5.92 Å².